The molecular weight excluding hydrogens is 276 g/mol. The molecule has 1 aliphatic carbocycles. The van der Waals surface area contributed by atoms with Crippen molar-refractivity contribution in [3.63, 3.8) is 0 Å². The molecule has 0 amide bonds. The van der Waals surface area contributed by atoms with E-state index in [-0.39, 0.29) is 11.7 Å². The number of Topliss-reactive ketones (excluding diaryl/α,β-unsaturated/α-hetero) is 1. The lowest BCUT2D eigenvalue weighted by molar-refractivity contribution is -0.115. The maximum atomic E-state index is 12.7. The van der Waals surface area contributed by atoms with Gasteiger partial charge in [-0.1, -0.05) is 12.1 Å². The fourth-order valence-corrected chi connectivity index (χ4v) is 4.98. The van der Waals surface area contributed by atoms with Gasteiger partial charge in [-0.3, -0.25) is 4.79 Å². The van der Waals surface area contributed by atoms with E-state index in [4.69, 9.17) is 0 Å². The van der Waals surface area contributed by atoms with Crippen molar-refractivity contribution in [2.45, 2.75) is 11.3 Å². The molecule has 20 heavy (non-hydrogen) atoms. The third-order valence-corrected chi connectivity index (χ3v) is 6.25. The molecule has 0 spiro atoms. The van der Waals surface area contributed by atoms with Gasteiger partial charge in [0.2, 0.25) is 10.0 Å². The number of sulfonamides is 1. The van der Waals surface area contributed by atoms with Crippen LogP contribution in [0.4, 0.5) is 5.69 Å². The predicted molar refractivity (Wildman–Crippen MR) is 73.8 cm³/mol. The fraction of sp³-hybridized carbons (Fsp3) is 0.357. The monoisotopic (exact) mass is 290 g/mol. The number of nitrogens with zero attached hydrogens (tertiary/aromatic N) is 1. The summed E-state index contributed by atoms with van der Waals surface area (Å²) in [6.07, 6.45) is 0.453. The van der Waals surface area contributed by atoms with E-state index in [0.29, 0.717) is 36.6 Å². The number of ketones is 1. The number of hydrogen-bond acceptors (Lipinski definition) is 4. The topological polar surface area (TPSA) is 66.5 Å². The summed E-state index contributed by atoms with van der Waals surface area (Å²) in [6, 6.07) is 6.89. The van der Waals surface area contributed by atoms with Gasteiger partial charge in [-0.05, 0) is 17.7 Å². The van der Waals surface area contributed by atoms with Crippen LogP contribution >= 0.6 is 0 Å². The van der Waals surface area contributed by atoms with Crippen LogP contribution in [-0.2, 0) is 14.8 Å². The van der Waals surface area contributed by atoms with Crippen molar-refractivity contribution in [3.8, 4) is 0 Å². The van der Waals surface area contributed by atoms with Crippen LogP contribution in [0, 0.1) is 5.92 Å². The van der Waals surface area contributed by atoms with Crippen molar-refractivity contribution in [2.75, 3.05) is 25.0 Å². The Hall–Kier alpha value is -1.66. The second kappa shape index (κ2) is 3.93. The summed E-state index contributed by atoms with van der Waals surface area (Å²) in [6.45, 7) is 1.22. The van der Waals surface area contributed by atoms with Crippen molar-refractivity contribution in [1.82, 2.24) is 4.31 Å². The zero-order chi connectivity index (χ0) is 13.9. The molecule has 6 heteroatoms. The van der Waals surface area contributed by atoms with Gasteiger partial charge in [0.15, 0.2) is 5.78 Å². The highest BCUT2D eigenvalue weighted by molar-refractivity contribution is 7.89. The summed E-state index contributed by atoms with van der Waals surface area (Å²) in [4.78, 5) is 12.3. The van der Waals surface area contributed by atoms with Gasteiger partial charge < -0.3 is 5.32 Å². The van der Waals surface area contributed by atoms with Crippen molar-refractivity contribution in [2.24, 2.45) is 5.92 Å². The van der Waals surface area contributed by atoms with Crippen LogP contribution in [0.25, 0.3) is 0 Å². The second-order valence-corrected chi connectivity index (χ2v) is 7.38. The number of rotatable bonds is 0. The summed E-state index contributed by atoms with van der Waals surface area (Å²) in [7, 11) is -3.49. The molecule has 0 saturated carbocycles. The zero-order valence-electron chi connectivity index (χ0n) is 10.8. The molecule has 1 aromatic rings. The summed E-state index contributed by atoms with van der Waals surface area (Å²) in [5, 5.41) is 3.12. The van der Waals surface area contributed by atoms with E-state index in [9.17, 15) is 13.2 Å². The molecule has 4 rings (SSSR count). The molecule has 5 nitrogen and oxygen atoms in total. The van der Waals surface area contributed by atoms with Crippen LogP contribution in [-0.4, -0.2) is 38.1 Å². The van der Waals surface area contributed by atoms with Crippen molar-refractivity contribution in [1.29, 1.82) is 0 Å². The minimum Gasteiger partial charge on any atom is -0.380 e. The quantitative estimate of drug-likeness (QED) is 0.774. The molecule has 3 aliphatic rings. The smallest absolute Gasteiger partial charge is 0.245 e. The van der Waals surface area contributed by atoms with Gasteiger partial charge in [-0.25, -0.2) is 8.42 Å². The number of anilines is 1. The van der Waals surface area contributed by atoms with Crippen LogP contribution in [0.15, 0.2) is 40.3 Å². The third kappa shape index (κ3) is 1.52. The highest BCUT2D eigenvalue weighted by Gasteiger charge is 2.44. The Labute approximate surface area is 117 Å². The minimum absolute atomic E-state index is 0.0827. The number of carbonyl (C=O) groups excluding carboxylic acids is 1. The molecule has 1 N–H and O–H groups in total. The SMILES string of the molecule is O=C1CC2CN3CC2=C1CNc1ccccc1S3(=O)=O. The van der Waals surface area contributed by atoms with E-state index in [1.54, 1.807) is 24.3 Å². The summed E-state index contributed by atoms with van der Waals surface area (Å²) >= 11 is 0. The molecule has 0 aromatic heterocycles. The van der Waals surface area contributed by atoms with Crippen LogP contribution in [0.2, 0.25) is 0 Å². The van der Waals surface area contributed by atoms with Crippen LogP contribution < -0.4 is 5.32 Å². The Morgan fingerprint density at radius 1 is 1.25 bits per heavy atom. The second-order valence-electron chi connectivity index (χ2n) is 5.48. The normalized spacial score (nSPS) is 30.3. The first-order valence-corrected chi connectivity index (χ1v) is 8.09. The molecule has 2 unspecified atom stereocenters. The van der Waals surface area contributed by atoms with Gasteiger partial charge in [0.1, 0.15) is 4.90 Å². The molecule has 104 valence electrons. The Morgan fingerprint density at radius 2 is 2.05 bits per heavy atom. The van der Waals surface area contributed by atoms with Gasteiger partial charge in [-0.2, -0.15) is 4.31 Å². The highest BCUT2D eigenvalue weighted by atomic mass is 32.2. The van der Waals surface area contributed by atoms with Crippen LogP contribution in [0.1, 0.15) is 6.42 Å². The molecule has 2 heterocycles. The van der Waals surface area contributed by atoms with Gasteiger partial charge in [0.25, 0.3) is 0 Å². The van der Waals surface area contributed by atoms with E-state index < -0.39 is 10.0 Å². The largest absolute Gasteiger partial charge is 0.380 e. The Balaban J connectivity index is 1.92. The van der Waals surface area contributed by atoms with Crippen molar-refractivity contribution >= 4 is 21.5 Å². The summed E-state index contributed by atoms with van der Waals surface area (Å²) < 4.78 is 27.0. The van der Waals surface area contributed by atoms with E-state index in [1.807, 2.05) is 0 Å². The summed E-state index contributed by atoms with van der Waals surface area (Å²) in [5.74, 6) is 0.244. The van der Waals surface area contributed by atoms with E-state index in [1.165, 1.54) is 4.31 Å². The third-order valence-electron chi connectivity index (χ3n) is 4.38. The molecule has 1 saturated heterocycles. The number of hydrogen-bond donors (Lipinski definition) is 1. The molecule has 2 atom stereocenters. The average molecular weight is 290 g/mol. The summed E-state index contributed by atoms with van der Waals surface area (Å²) in [5.41, 5.74) is 2.37. The molecule has 2 bridgehead atoms. The van der Waals surface area contributed by atoms with Gasteiger partial charge >= 0.3 is 0 Å². The minimum atomic E-state index is -3.49. The Morgan fingerprint density at radius 3 is 2.90 bits per heavy atom. The predicted octanol–water partition coefficient (Wildman–Crippen LogP) is 1.00. The molecule has 1 aromatic carbocycles. The van der Waals surface area contributed by atoms with Crippen molar-refractivity contribution < 1.29 is 13.2 Å². The molecule has 0 radical (unpaired) electrons. The number of para-hydroxylation sites is 1. The molecular formula is C14H14N2O3S. The fourth-order valence-electron chi connectivity index (χ4n) is 3.35. The number of nitrogens with one attached hydrogen (secondary N) is 1. The number of fused-ring (bicyclic) bond motifs is 2. The first kappa shape index (κ1) is 12.1. The standard InChI is InChI=1S/C14H14N2O3S/c17-13-5-9-7-16-8-11(9)10(13)6-15-12-3-1-2-4-14(12)20(16,18)19/h1-4,9,15H,5-8H2. The lowest BCUT2D eigenvalue weighted by Gasteiger charge is -2.18. The Kier molecular flexibility index (Phi) is 2.38. The van der Waals surface area contributed by atoms with Gasteiger partial charge in [0.05, 0.1) is 5.69 Å². The first-order valence-electron chi connectivity index (χ1n) is 6.65. The molecule has 2 aliphatic heterocycles. The lowest BCUT2D eigenvalue weighted by atomic mass is 10.1. The molecule has 1 fully saturated rings. The highest BCUT2D eigenvalue weighted by Crippen LogP contribution is 2.40. The maximum Gasteiger partial charge on any atom is 0.245 e. The first-order chi connectivity index (χ1) is 9.57. The maximum absolute atomic E-state index is 12.7. The zero-order valence-corrected chi connectivity index (χ0v) is 11.6. The average Bonchev–Trinajstić information content (AvgIpc) is 2.94. The number of benzene rings is 1. The van der Waals surface area contributed by atoms with Crippen LogP contribution in [0.5, 0.6) is 0 Å². The van der Waals surface area contributed by atoms with E-state index in [0.717, 1.165) is 11.1 Å². The number of carbonyl (C=O) groups is 1. The van der Waals surface area contributed by atoms with E-state index >= 15 is 0 Å². The Bertz CT molecular complexity index is 751. The van der Waals surface area contributed by atoms with Crippen LogP contribution in [0.3, 0.4) is 0 Å². The lowest BCUT2D eigenvalue weighted by Crippen LogP contribution is -2.29. The van der Waals surface area contributed by atoms with Gasteiger partial charge in [-0.15, -0.1) is 0 Å². The van der Waals surface area contributed by atoms with E-state index in [2.05, 4.69) is 5.32 Å². The van der Waals surface area contributed by atoms with Crippen molar-refractivity contribution in [3.05, 3.63) is 35.4 Å². The van der Waals surface area contributed by atoms with Gasteiger partial charge in [0, 0.05) is 37.5 Å².